The van der Waals surface area contributed by atoms with Crippen molar-refractivity contribution in [2.45, 2.75) is 24.3 Å². The first-order chi connectivity index (χ1) is 10.0. The third-order valence-corrected chi connectivity index (χ3v) is 6.79. The molecular weight excluding hydrogens is 304 g/mol. The Labute approximate surface area is 128 Å². The first kappa shape index (κ1) is 14.3. The van der Waals surface area contributed by atoms with Gasteiger partial charge in [-0.2, -0.15) is 9.57 Å². The molecule has 1 aliphatic heterocycles. The van der Waals surface area contributed by atoms with Crippen LogP contribution in [0, 0.1) is 11.3 Å². The Morgan fingerprint density at radius 3 is 2.67 bits per heavy atom. The van der Waals surface area contributed by atoms with E-state index in [9.17, 15) is 8.42 Å². The molecule has 108 valence electrons. The van der Waals surface area contributed by atoms with E-state index in [1.807, 2.05) is 24.4 Å². The fourth-order valence-electron chi connectivity index (χ4n) is 2.65. The molecule has 0 N–H and O–H groups in total. The summed E-state index contributed by atoms with van der Waals surface area (Å²) >= 11 is 1.68. The molecule has 0 fully saturated rings. The first-order valence-electron chi connectivity index (χ1n) is 6.62. The van der Waals surface area contributed by atoms with Crippen LogP contribution in [0.2, 0.25) is 0 Å². The molecule has 1 aromatic carbocycles. The molecule has 0 unspecified atom stereocenters. The van der Waals surface area contributed by atoms with E-state index in [1.54, 1.807) is 15.6 Å². The second kappa shape index (κ2) is 5.26. The van der Waals surface area contributed by atoms with Crippen LogP contribution in [-0.4, -0.2) is 19.3 Å². The molecule has 21 heavy (non-hydrogen) atoms. The van der Waals surface area contributed by atoms with Crippen molar-refractivity contribution in [3.8, 4) is 6.07 Å². The van der Waals surface area contributed by atoms with Crippen molar-refractivity contribution in [3.05, 3.63) is 51.7 Å². The SMILES string of the molecule is C[C@H]1c2ccsc2CCN1S(=O)(=O)c1ccc(C#N)cc1. The van der Waals surface area contributed by atoms with Gasteiger partial charge in [0.15, 0.2) is 0 Å². The van der Waals surface area contributed by atoms with Crippen LogP contribution in [0.4, 0.5) is 0 Å². The van der Waals surface area contributed by atoms with Crippen LogP contribution < -0.4 is 0 Å². The highest BCUT2D eigenvalue weighted by molar-refractivity contribution is 7.89. The molecule has 4 nitrogen and oxygen atoms in total. The number of thiophene rings is 1. The maximum absolute atomic E-state index is 12.8. The number of nitrogens with zero attached hydrogens (tertiary/aromatic N) is 2. The summed E-state index contributed by atoms with van der Waals surface area (Å²) in [6, 6.07) is 9.94. The van der Waals surface area contributed by atoms with E-state index in [2.05, 4.69) is 0 Å². The zero-order valence-corrected chi connectivity index (χ0v) is 13.1. The van der Waals surface area contributed by atoms with Gasteiger partial charge in [0.1, 0.15) is 0 Å². The van der Waals surface area contributed by atoms with Crippen molar-refractivity contribution in [2.75, 3.05) is 6.54 Å². The molecule has 0 saturated heterocycles. The van der Waals surface area contributed by atoms with Crippen molar-refractivity contribution in [3.63, 3.8) is 0 Å². The van der Waals surface area contributed by atoms with Gasteiger partial charge in [0, 0.05) is 17.5 Å². The molecule has 1 aliphatic rings. The average Bonchev–Trinajstić information content (AvgIpc) is 2.97. The largest absolute Gasteiger partial charge is 0.243 e. The highest BCUT2D eigenvalue weighted by Crippen LogP contribution is 2.36. The van der Waals surface area contributed by atoms with Crippen LogP contribution in [0.5, 0.6) is 0 Å². The highest BCUT2D eigenvalue weighted by Gasteiger charge is 2.34. The summed E-state index contributed by atoms with van der Waals surface area (Å²) in [6.45, 7) is 2.42. The molecular formula is C15H14N2O2S2. The topological polar surface area (TPSA) is 61.2 Å². The van der Waals surface area contributed by atoms with Gasteiger partial charge < -0.3 is 0 Å². The molecule has 0 aliphatic carbocycles. The number of nitriles is 1. The van der Waals surface area contributed by atoms with Crippen molar-refractivity contribution in [1.29, 1.82) is 5.26 Å². The molecule has 2 heterocycles. The van der Waals surface area contributed by atoms with E-state index in [-0.39, 0.29) is 10.9 Å². The number of sulfonamides is 1. The molecule has 1 atom stereocenters. The highest BCUT2D eigenvalue weighted by atomic mass is 32.2. The summed E-state index contributed by atoms with van der Waals surface area (Å²) in [4.78, 5) is 1.51. The Balaban J connectivity index is 1.97. The summed E-state index contributed by atoms with van der Waals surface area (Å²) in [6.07, 6.45) is 0.757. The number of fused-ring (bicyclic) bond motifs is 1. The summed E-state index contributed by atoms with van der Waals surface area (Å²) < 4.78 is 27.1. The quantitative estimate of drug-likeness (QED) is 0.855. The molecule has 0 amide bonds. The lowest BCUT2D eigenvalue weighted by Gasteiger charge is -2.32. The molecule has 3 rings (SSSR count). The first-order valence-corrected chi connectivity index (χ1v) is 8.94. The predicted octanol–water partition coefficient (Wildman–Crippen LogP) is 2.93. The minimum absolute atomic E-state index is 0.152. The van der Waals surface area contributed by atoms with E-state index in [0.717, 1.165) is 12.0 Å². The monoisotopic (exact) mass is 318 g/mol. The minimum Gasteiger partial charge on any atom is -0.207 e. The van der Waals surface area contributed by atoms with Gasteiger partial charge >= 0.3 is 0 Å². The molecule has 0 spiro atoms. The maximum Gasteiger partial charge on any atom is 0.243 e. The van der Waals surface area contributed by atoms with E-state index in [0.29, 0.717) is 12.1 Å². The smallest absolute Gasteiger partial charge is 0.207 e. The summed E-state index contributed by atoms with van der Waals surface area (Å²) in [7, 11) is -3.53. The fourth-order valence-corrected chi connectivity index (χ4v) is 5.23. The Hall–Kier alpha value is -1.68. The Kier molecular flexibility index (Phi) is 3.57. The molecule has 2 aromatic rings. The number of rotatable bonds is 2. The summed E-state index contributed by atoms with van der Waals surface area (Å²) in [5, 5.41) is 10.8. The molecule has 1 aromatic heterocycles. The minimum atomic E-state index is -3.53. The van der Waals surface area contributed by atoms with Gasteiger partial charge in [-0.25, -0.2) is 8.42 Å². The van der Waals surface area contributed by atoms with Gasteiger partial charge in [-0.15, -0.1) is 11.3 Å². The van der Waals surface area contributed by atoms with Crippen LogP contribution in [-0.2, 0) is 16.4 Å². The lowest BCUT2D eigenvalue weighted by molar-refractivity contribution is 0.329. The third-order valence-electron chi connectivity index (χ3n) is 3.81. The number of benzene rings is 1. The van der Waals surface area contributed by atoms with Crippen LogP contribution in [0.1, 0.15) is 29.0 Å². The van der Waals surface area contributed by atoms with Gasteiger partial charge in [0.2, 0.25) is 10.0 Å². The Morgan fingerprint density at radius 2 is 2.00 bits per heavy atom. The zero-order chi connectivity index (χ0) is 15.0. The second-order valence-corrected chi connectivity index (χ2v) is 7.87. The number of hydrogen-bond donors (Lipinski definition) is 0. The molecule has 6 heteroatoms. The third kappa shape index (κ3) is 2.38. The van der Waals surface area contributed by atoms with Gasteiger partial charge in [0.25, 0.3) is 0 Å². The molecule has 0 bridgehead atoms. The predicted molar refractivity (Wildman–Crippen MR) is 81.5 cm³/mol. The van der Waals surface area contributed by atoms with Gasteiger partial charge in [-0.1, -0.05) is 0 Å². The van der Waals surface area contributed by atoms with E-state index < -0.39 is 10.0 Å². The van der Waals surface area contributed by atoms with Crippen molar-refractivity contribution >= 4 is 21.4 Å². The zero-order valence-electron chi connectivity index (χ0n) is 11.5. The van der Waals surface area contributed by atoms with Crippen LogP contribution in [0.15, 0.2) is 40.6 Å². The Morgan fingerprint density at radius 1 is 1.29 bits per heavy atom. The van der Waals surface area contributed by atoms with E-state index >= 15 is 0 Å². The van der Waals surface area contributed by atoms with Crippen LogP contribution >= 0.6 is 11.3 Å². The standard InChI is InChI=1S/C15H14N2O2S2/c1-11-14-7-9-20-15(14)6-8-17(11)21(18,19)13-4-2-12(10-16)3-5-13/h2-5,7,9,11H,6,8H2,1H3/t11-/m0/s1. The lowest BCUT2D eigenvalue weighted by Crippen LogP contribution is -2.38. The van der Waals surface area contributed by atoms with Gasteiger partial charge in [-0.05, 0) is 54.6 Å². The summed E-state index contributed by atoms with van der Waals surface area (Å²) in [5.41, 5.74) is 1.56. The van der Waals surface area contributed by atoms with Crippen molar-refractivity contribution < 1.29 is 8.42 Å². The number of hydrogen-bond acceptors (Lipinski definition) is 4. The maximum atomic E-state index is 12.8. The molecule has 0 saturated carbocycles. The molecule has 0 radical (unpaired) electrons. The average molecular weight is 318 g/mol. The van der Waals surface area contributed by atoms with Crippen LogP contribution in [0.3, 0.4) is 0 Å². The Bertz CT molecular complexity index is 801. The van der Waals surface area contributed by atoms with Crippen molar-refractivity contribution in [1.82, 2.24) is 4.31 Å². The second-order valence-electron chi connectivity index (χ2n) is 4.98. The lowest BCUT2D eigenvalue weighted by atomic mass is 10.0. The van der Waals surface area contributed by atoms with Gasteiger partial charge in [-0.3, -0.25) is 0 Å². The van der Waals surface area contributed by atoms with E-state index in [4.69, 9.17) is 5.26 Å². The summed E-state index contributed by atoms with van der Waals surface area (Å²) in [5.74, 6) is 0. The normalized spacial score (nSPS) is 19.0. The fraction of sp³-hybridized carbons (Fsp3) is 0.267. The van der Waals surface area contributed by atoms with E-state index in [1.165, 1.54) is 29.1 Å². The van der Waals surface area contributed by atoms with Gasteiger partial charge in [0.05, 0.1) is 16.5 Å². The van der Waals surface area contributed by atoms with Crippen molar-refractivity contribution in [2.24, 2.45) is 0 Å². The van der Waals surface area contributed by atoms with Crippen LogP contribution in [0.25, 0.3) is 0 Å².